The minimum absolute atomic E-state index is 0.247. The molecule has 0 saturated carbocycles. The molecule has 2 aromatic rings. The molecule has 2 aromatic carbocycles. The summed E-state index contributed by atoms with van der Waals surface area (Å²) < 4.78 is 9.83. The second-order valence-corrected chi connectivity index (χ2v) is 4.42. The number of ether oxygens (including phenoxy) is 2. The first-order valence-electron chi connectivity index (χ1n) is 6.14. The Morgan fingerprint density at radius 2 is 1.00 bits per heavy atom. The first kappa shape index (κ1) is 15.7. The first-order valence-corrected chi connectivity index (χ1v) is 6.14. The van der Waals surface area contributed by atoms with E-state index in [9.17, 15) is 0 Å². The number of rotatable bonds is 2. The number of hydrogen-bond acceptors (Lipinski definition) is 4. The quantitative estimate of drug-likeness (QED) is 0.882. The van der Waals surface area contributed by atoms with Crippen molar-refractivity contribution in [1.29, 1.82) is 0 Å². The molecule has 4 heteroatoms. The second-order valence-electron chi connectivity index (χ2n) is 4.42. The monoisotopic (exact) mass is 276 g/mol. The number of hydrogen-bond donors (Lipinski definition) is 2. The van der Waals surface area contributed by atoms with Gasteiger partial charge in [-0.05, 0) is 49.2 Å². The lowest BCUT2D eigenvalue weighted by molar-refractivity contribution is 0.407. The van der Waals surface area contributed by atoms with Crippen LogP contribution in [0.25, 0.3) is 0 Å². The van der Waals surface area contributed by atoms with Crippen molar-refractivity contribution in [3.63, 3.8) is 0 Å². The molecule has 0 radical (unpaired) electrons. The molecule has 108 valence electrons. The zero-order chi connectivity index (χ0) is 15.1. The summed E-state index contributed by atoms with van der Waals surface area (Å²) in [6.07, 6.45) is 0. The zero-order valence-corrected chi connectivity index (χ0v) is 12.2. The predicted molar refractivity (Wildman–Crippen MR) is 78.8 cm³/mol. The van der Waals surface area contributed by atoms with Crippen LogP contribution < -0.4 is 9.47 Å². The third-order valence-corrected chi connectivity index (χ3v) is 2.54. The molecule has 0 saturated heterocycles. The molecule has 4 nitrogen and oxygen atoms in total. The van der Waals surface area contributed by atoms with Crippen LogP contribution in [-0.2, 0) is 0 Å². The number of aromatic hydroxyl groups is 2. The lowest BCUT2D eigenvalue weighted by Crippen LogP contribution is -1.82. The van der Waals surface area contributed by atoms with Gasteiger partial charge in [-0.1, -0.05) is 0 Å². The van der Waals surface area contributed by atoms with Gasteiger partial charge in [-0.2, -0.15) is 0 Å². The summed E-state index contributed by atoms with van der Waals surface area (Å²) in [5, 5.41) is 18.1. The van der Waals surface area contributed by atoms with E-state index in [1.807, 2.05) is 26.0 Å². The highest BCUT2D eigenvalue weighted by atomic mass is 16.5. The second kappa shape index (κ2) is 7.28. The molecule has 0 unspecified atom stereocenters. The number of methoxy groups -OCH3 is 2. The molecule has 0 atom stereocenters. The van der Waals surface area contributed by atoms with Crippen molar-refractivity contribution in [2.45, 2.75) is 13.8 Å². The summed E-state index contributed by atoms with van der Waals surface area (Å²) in [4.78, 5) is 0. The zero-order valence-electron chi connectivity index (χ0n) is 12.2. The van der Waals surface area contributed by atoms with Gasteiger partial charge in [-0.3, -0.25) is 0 Å². The minimum atomic E-state index is 0.247. The van der Waals surface area contributed by atoms with Gasteiger partial charge in [0.1, 0.15) is 23.0 Å². The summed E-state index contributed by atoms with van der Waals surface area (Å²) in [6.45, 7) is 3.81. The Balaban J connectivity index is 0.000000200. The van der Waals surface area contributed by atoms with Crippen molar-refractivity contribution in [2.75, 3.05) is 14.2 Å². The minimum Gasteiger partial charge on any atom is -0.508 e. The van der Waals surface area contributed by atoms with Crippen LogP contribution in [0.5, 0.6) is 23.0 Å². The van der Waals surface area contributed by atoms with E-state index >= 15 is 0 Å². The van der Waals surface area contributed by atoms with Gasteiger partial charge in [0.25, 0.3) is 0 Å². The van der Waals surface area contributed by atoms with E-state index in [1.165, 1.54) is 0 Å². The predicted octanol–water partition coefficient (Wildman–Crippen LogP) is 3.42. The van der Waals surface area contributed by atoms with Crippen LogP contribution in [0.2, 0.25) is 0 Å². The summed E-state index contributed by atoms with van der Waals surface area (Å²) in [7, 11) is 3.16. The van der Waals surface area contributed by atoms with E-state index in [2.05, 4.69) is 0 Å². The van der Waals surface area contributed by atoms with Crippen molar-refractivity contribution in [3.8, 4) is 23.0 Å². The van der Waals surface area contributed by atoms with E-state index in [1.54, 1.807) is 38.5 Å². The molecule has 0 fully saturated rings. The molecule has 2 rings (SSSR count). The Bertz CT molecular complexity index is 472. The smallest absolute Gasteiger partial charge is 0.122 e. The van der Waals surface area contributed by atoms with Crippen LogP contribution in [0.3, 0.4) is 0 Å². The molecule has 0 bridgehead atoms. The standard InChI is InChI=1S/2C8H10O2/c2*1-6-3-7(9)5-8(4-6)10-2/h2*3-5,9H,1-2H3. The van der Waals surface area contributed by atoms with Gasteiger partial charge in [0, 0.05) is 12.1 Å². The Morgan fingerprint density at radius 1 is 0.650 bits per heavy atom. The summed E-state index contributed by atoms with van der Waals surface area (Å²) in [5.74, 6) is 1.88. The van der Waals surface area contributed by atoms with Gasteiger partial charge in [-0.25, -0.2) is 0 Å². The van der Waals surface area contributed by atoms with E-state index in [0.717, 1.165) is 11.1 Å². The molecule has 0 aliphatic heterocycles. The van der Waals surface area contributed by atoms with Crippen LogP contribution in [0.15, 0.2) is 36.4 Å². The van der Waals surface area contributed by atoms with E-state index in [-0.39, 0.29) is 11.5 Å². The lowest BCUT2D eigenvalue weighted by Gasteiger charge is -2.00. The highest BCUT2D eigenvalue weighted by Crippen LogP contribution is 2.20. The molecule has 0 heterocycles. The molecule has 0 aromatic heterocycles. The maximum Gasteiger partial charge on any atom is 0.122 e. The highest BCUT2D eigenvalue weighted by molar-refractivity contribution is 5.37. The molecule has 0 aliphatic rings. The van der Waals surface area contributed by atoms with Gasteiger partial charge in [0.05, 0.1) is 14.2 Å². The fraction of sp³-hybridized carbons (Fsp3) is 0.250. The van der Waals surface area contributed by atoms with Crippen molar-refractivity contribution in [1.82, 2.24) is 0 Å². The van der Waals surface area contributed by atoms with Gasteiger partial charge >= 0.3 is 0 Å². The average Bonchev–Trinajstić information content (AvgIpc) is 2.37. The Hall–Kier alpha value is -2.36. The highest BCUT2D eigenvalue weighted by Gasteiger charge is 1.95. The SMILES string of the molecule is COc1cc(C)cc(O)c1.COc1cc(C)cc(O)c1. The molecule has 0 amide bonds. The van der Waals surface area contributed by atoms with Gasteiger partial charge in [-0.15, -0.1) is 0 Å². The summed E-state index contributed by atoms with van der Waals surface area (Å²) in [6, 6.07) is 10.2. The van der Waals surface area contributed by atoms with Crippen LogP contribution in [-0.4, -0.2) is 24.4 Å². The van der Waals surface area contributed by atoms with Gasteiger partial charge < -0.3 is 19.7 Å². The first-order chi connectivity index (χ1) is 9.44. The average molecular weight is 276 g/mol. The van der Waals surface area contributed by atoms with Crippen molar-refractivity contribution >= 4 is 0 Å². The topological polar surface area (TPSA) is 58.9 Å². The van der Waals surface area contributed by atoms with Crippen LogP contribution in [0.4, 0.5) is 0 Å². The number of phenols is 2. The number of aryl methyl sites for hydroxylation is 2. The lowest BCUT2D eigenvalue weighted by atomic mass is 10.2. The molecule has 2 N–H and O–H groups in total. The van der Waals surface area contributed by atoms with Crippen molar-refractivity contribution in [2.24, 2.45) is 0 Å². The van der Waals surface area contributed by atoms with E-state index in [0.29, 0.717) is 11.5 Å². The Labute approximate surface area is 119 Å². The van der Waals surface area contributed by atoms with E-state index in [4.69, 9.17) is 19.7 Å². The number of benzene rings is 2. The fourth-order valence-corrected chi connectivity index (χ4v) is 1.69. The maximum absolute atomic E-state index is 9.04. The third kappa shape index (κ3) is 5.10. The Kier molecular flexibility index (Phi) is 5.72. The molecule has 20 heavy (non-hydrogen) atoms. The molecule has 0 spiro atoms. The summed E-state index contributed by atoms with van der Waals surface area (Å²) >= 11 is 0. The normalized spacial score (nSPS) is 9.40. The fourth-order valence-electron chi connectivity index (χ4n) is 1.69. The Morgan fingerprint density at radius 3 is 1.25 bits per heavy atom. The summed E-state index contributed by atoms with van der Waals surface area (Å²) in [5.41, 5.74) is 1.99. The third-order valence-electron chi connectivity index (χ3n) is 2.54. The van der Waals surface area contributed by atoms with Crippen molar-refractivity contribution in [3.05, 3.63) is 47.5 Å². The largest absolute Gasteiger partial charge is 0.508 e. The molecular weight excluding hydrogens is 256 g/mol. The molecular formula is C16H20O4. The van der Waals surface area contributed by atoms with Crippen LogP contribution >= 0.6 is 0 Å². The van der Waals surface area contributed by atoms with Crippen LogP contribution in [0.1, 0.15) is 11.1 Å². The number of phenolic OH excluding ortho intramolecular Hbond substituents is 2. The van der Waals surface area contributed by atoms with E-state index < -0.39 is 0 Å². The van der Waals surface area contributed by atoms with Gasteiger partial charge in [0.15, 0.2) is 0 Å². The van der Waals surface area contributed by atoms with Crippen molar-refractivity contribution < 1.29 is 19.7 Å². The maximum atomic E-state index is 9.04. The van der Waals surface area contributed by atoms with Crippen LogP contribution in [0, 0.1) is 13.8 Å². The van der Waals surface area contributed by atoms with Gasteiger partial charge in [0.2, 0.25) is 0 Å². The molecule has 0 aliphatic carbocycles.